The summed E-state index contributed by atoms with van der Waals surface area (Å²) in [5.41, 5.74) is 2.40. The fourth-order valence-electron chi connectivity index (χ4n) is 3.27. The number of benzene rings is 2. The van der Waals surface area contributed by atoms with E-state index in [1.165, 1.54) is 0 Å². The monoisotopic (exact) mass is 416 g/mol. The zero-order valence-corrected chi connectivity index (χ0v) is 17.7. The van der Waals surface area contributed by atoms with Crippen molar-refractivity contribution in [2.24, 2.45) is 5.92 Å². The number of nitrogens with zero attached hydrogens (tertiary/aromatic N) is 1. The molecular formula is C22H28N2O4S. The van der Waals surface area contributed by atoms with Crippen LogP contribution in [0.4, 0.5) is 11.4 Å². The van der Waals surface area contributed by atoms with Gasteiger partial charge in [0.15, 0.2) is 0 Å². The maximum atomic E-state index is 12.4. The number of aryl methyl sites for hydroxylation is 1. The van der Waals surface area contributed by atoms with Crippen molar-refractivity contribution in [2.45, 2.75) is 33.1 Å². The lowest BCUT2D eigenvalue weighted by molar-refractivity contribution is -0.118. The molecule has 0 aliphatic carbocycles. The number of sulfonamides is 1. The normalized spacial score (nSPS) is 14.0. The quantitative estimate of drug-likeness (QED) is 0.674. The van der Waals surface area contributed by atoms with Gasteiger partial charge < -0.3 is 9.64 Å². The van der Waals surface area contributed by atoms with E-state index in [-0.39, 0.29) is 18.3 Å². The van der Waals surface area contributed by atoms with Gasteiger partial charge in [0.05, 0.1) is 0 Å². The van der Waals surface area contributed by atoms with E-state index >= 15 is 0 Å². The minimum absolute atomic E-state index is 0.0712. The van der Waals surface area contributed by atoms with Gasteiger partial charge in [-0.3, -0.25) is 9.52 Å². The zero-order valence-electron chi connectivity index (χ0n) is 16.9. The first-order valence-corrected chi connectivity index (χ1v) is 11.6. The van der Waals surface area contributed by atoms with Crippen molar-refractivity contribution >= 4 is 27.3 Å². The molecule has 7 heteroatoms. The molecule has 1 heterocycles. The molecule has 0 spiro atoms. The number of ether oxygens (including phenoxy) is 1. The van der Waals surface area contributed by atoms with E-state index in [1.807, 2.05) is 35.2 Å². The van der Waals surface area contributed by atoms with Gasteiger partial charge >= 0.3 is 0 Å². The molecule has 3 rings (SSSR count). The number of carbonyl (C=O) groups excluding carboxylic acids is 1. The van der Waals surface area contributed by atoms with Gasteiger partial charge in [0.25, 0.3) is 0 Å². The summed E-state index contributed by atoms with van der Waals surface area (Å²) < 4.78 is 32.9. The number of fused-ring (bicyclic) bond motifs is 1. The van der Waals surface area contributed by atoms with E-state index in [1.54, 1.807) is 18.2 Å². The van der Waals surface area contributed by atoms with E-state index in [9.17, 15) is 13.2 Å². The summed E-state index contributed by atoms with van der Waals surface area (Å²) in [7, 11) is -3.53. The standard InChI is InChI=1S/C22H28N2O4S/c1-17(2)12-13-24-21-10-9-19(16-18(21)8-11-22(24)25)23-29(26,27)15-14-28-20-6-4-3-5-7-20/h3-7,9-10,16-17,23H,8,11-15H2,1-2H3. The summed E-state index contributed by atoms with van der Waals surface area (Å²) >= 11 is 0. The highest BCUT2D eigenvalue weighted by Crippen LogP contribution is 2.31. The smallest absolute Gasteiger partial charge is 0.236 e. The highest BCUT2D eigenvalue weighted by molar-refractivity contribution is 7.92. The molecule has 0 unspecified atom stereocenters. The summed E-state index contributed by atoms with van der Waals surface area (Å²) in [6, 6.07) is 14.5. The Labute approximate surface area is 172 Å². The van der Waals surface area contributed by atoms with Gasteiger partial charge in [-0.2, -0.15) is 0 Å². The number of rotatable bonds is 9. The predicted octanol–water partition coefficient (Wildman–Crippen LogP) is 3.83. The Morgan fingerprint density at radius 3 is 2.59 bits per heavy atom. The lowest BCUT2D eigenvalue weighted by atomic mass is 9.99. The Kier molecular flexibility index (Phi) is 6.79. The molecule has 6 nitrogen and oxygen atoms in total. The molecule has 2 aromatic carbocycles. The van der Waals surface area contributed by atoms with Crippen molar-refractivity contribution in [1.29, 1.82) is 0 Å². The molecule has 0 atom stereocenters. The molecule has 1 N–H and O–H groups in total. The topological polar surface area (TPSA) is 75.7 Å². The Morgan fingerprint density at radius 2 is 1.86 bits per heavy atom. The van der Waals surface area contributed by atoms with Crippen molar-refractivity contribution in [3.05, 3.63) is 54.1 Å². The molecule has 2 aromatic rings. The van der Waals surface area contributed by atoms with Gasteiger partial charge in [-0.25, -0.2) is 8.42 Å². The number of hydrogen-bond donors (Lipinski definition) is 1. The van der Waals surface area contributed by atoms with Crippen LogP contribution in [-0.2, 0) is 21.2 Å². The van der Waals surface area contributed by atoms with Crippen LogP contribution < -0.4 is 14.4 Å². The Morgan fingerprint density at radius 1 is 1.10 bits per heavy atom. The lowest BCUT2D eigenvalue weighted by Gasteiger charge is -2.30. The van der Waals surface area contributed by atoms with Crippen molar-refractivity contribution in [3.8, 4) is 5.75 Å². The summed E-state index contributed by atoms with van der Waals surface area (Å²) in [4.78, 5) is 14.1. The van der Waals surface area contributed by atoms with Crippen LogP contribution in [0.5, 0.6) is 5.75 Å². The SMILES string of the molecule is CC(C)CCN1C(=O)CCc2cc(NS(=O)(=O)CCOc3ccccc3)ccc21. The van der Waals surface area contributed by atoms with Crippen molar-refractivity contribution in [1.82, 2.24) is 0 Å². The van der Waals surface area contributed by atoms with Crippen LogP contribution in [0.15, 0.2) is 48.5 Å². The second-order valence-corrected chi connectivity index (χ2v) is 9.50. The number of nitrogens with one attached hydrogen (secondary N) is 1. The number of para-hydroxylation sites is 1. The van der Waals surface area contributed by atoms with Gasteiger partial charge in [0, 0.05) is 24.3 Å². The highest BCUT2D eigenvalue weighted by atomic mass is 32.2. The lowest BCUT2D eigenvalue weighted by Crippen LogP contribution is -2.36. The second kappa shape index (κ2) is 9.31. The Balaban J connectivity index is 1.63. The molecule has 0 bridgehead atoms. The first-order chi connectivity index (χ1) is 13.8. The second-order valence-electron chi connectivity index (χ2n) is 7.65. The van der Waals surface area contributed by atoms with Gasteiger partial charge in [-0.15, -0.1) is 0 Å². The Hall–Kier alpha value is -2.54. The first-order valence-electron chi connectivity index (χ1n) is 9.96. The van der Waals surface area contributed by atoms with Crippen LogP contribution in [0, 0.1) is 5.92 Å². The third-order valence-electron chi connectivity index (χ3n) is 4.85. The maximum absolute atomic E-state index is 12.4. The van der Waals surface area contributed by atoms with E-state index in [4.69, 9.17) is 4.74 Å². The number of amides is 1. The largest absolute Gasteiger partial charge is 0.492 e. The van der Waals surface area contributed by atoms with Crippen molar-refractivity contribution in [3.63, 3.8) is 0 Å². The zero-order chi connectivity index (χ0) is 20.9. The Bertz CT molecular complexity index is 943. The molecule has 1 aliphatic rings. The molecule has 0 saturated carbocycles. The van der Waals surface area contributed by atoms with E-state index in [0.29, 0.717) is 36.7 Å². The van der Waals surface area contributed by atoms with Crippen LogP contribution in [0.3, 0.4) is 0 Å². The maximum Gasteiger partial charge on any atom is 0.236 e. The summed E-state index contributed by atoms with van der Waals surface area (Å²) in [5.74, 6) is 1.14. The van der Waals surface area contributed by atoms with Crippen LogP contribution in [0.2, 0.25) is 0 Å². The van der Waals surface area contributed by atoms with E-state index in [2.05, 4.69) is 18.6 Å². The first kappa shape index (κ1) is 21.2. The minimum Gasteiger partial charge on any atom is -0.492 e. The molecule has 29 heavy (non-hydrogen) atoms. The van der Waals surface area contributed by atoms with Crippen LogP contribution >= 0.6 is 0 Å². The third kappa shape index (κ3) is 5.97. The highest BCUT2D eigenvalue weighted by Gasteiger charge is 2.24. The summed E-state index contributed by atoms with van der Waals surface area (Å²) in [6.07, 6.45) is 2.01. The van der Waals surface area contributed by atoms with Gasteiger partial charge in [0.1, 0.15) is 18.1 Å². The van der Waals surface area contributed by atoms with Crippen molar-refractivity contribution in [2.75, 3.05) is 28.5 Å². The third-order valence-corrected chi connectivity index (χ3v) is 6.10. The molecule has 0 radical (unpaired) electrons. The van der Waals surface area contributed by atoms with Gasteiger partial charge in [-0.05, 0) is 54.7 Å². The minimum atomic E-state index is -3.53. The average Bonchev–Trinajstić information content (AvgIpc) is 2.67. The number of carbonyl (C=O) groups is 1. The fourth-order valence-corrected chi connectivity index (χ4v) is 4.16. The van der Waals surface area contributed by atoms with Crippen LogP contribution in [-0.4, -0.2) is 33.2 Å². The number of anilines is 2. The van der Waals surface area contributed by atoms with Gasteiger partial charge in [-0.1, -0.05) is 32.0 Å². The summed E-state index contributed by atoms with van der Waals surface area (Å²) in [5, 5.41) is 0. The molecule has 0 saturated heterocycles. The van der Waals surface area contributed by atoms with Crippen molar-refractivity contribution < 1.29 is 17.9 Å². The fraction of sp³-hybridized carbons (Fsp3) is 0.409. The molecule has 0 fully saturated rings. The predicted molar refractivity (Wildman–Crippen MR) is 116 cm³/mol. The molecule has 0 aromatic heterocycles. The van der Waals surface area contributed by atoms with E-state index < -0.39 is 10.0 Å². The number of hydrogen-bond acceptors (Lipinski definition) is 4. The summed E-state index contributed by atoms with van der Waals surface area (Å²) in [6.45, 7) is 5.02. The van der Waals surface area contributed by atoms with Crippen LogP contribution in [0.1, 0.15) is 32.3 Å². The van der Waals surface area contributed by atoms with Gasteiger partial charge in [0.2, 0.25) is 15.9 Å². The van der Waals surface area contributed by atoms with E-state index in [0.717, 1.165) is 17.7 Å². The molecule has 1 amide bonds. The average molecular weight is 417 g/mol. The molecular weight excluding hydrogens is 388 g/mol. The molecule has 1 aliphatic heterocycles. The molecule has 156 valence electrons. The van der Waals surface area contributed by atoms with Crippen LogP contribution in [0.25, 0.3) is 0 Å².